The van der Waals surface area contributed by atoms with Crippen LogP contribution in [0.2, 0.25) is 0 Å². The number of rotatable bonds is 7. The summed E-state index contributed by atoms with van der Waals surface area (Å²) < 4.78 is 95.3. The van der Waals surface area contributed by atoms with Crippen LogP contribution < -0.4 is 4.74 Å². The van der Waals surface area contributed by atoms with Gasteiger partial charge in [-0.1, -0.05) is 37.5 Å². The van der Waals surface area contributed by atoms with E-state index in [1.807, 2.05) is 12.1 Å². The van der Waals surface area contributed by atoms with E-state index in [0.29, 0.717) is 49.1 Å². The van der Waals surface area contributed by atoms with Gasteiger partial charge >= 0.3 is 24.3 Å². The minimum Gasteiger partial charge on any atom is -0.456 e. The van der Waals surface area contributed by atoms with Gasteiger partial charge in [-0.25, -0.2) is 4.98 Å². The Morgan fingerprint density at radius 1 is 1.00 bits per heavy atom. The standard InChI is InChI=1S/C41H42F6N2O6/c1-3-39(52)19-17-30-27-12-10-23-21-24(11-13-25(23)26(27)16-18-38(30,39)2)54-34(50)14-15-35(51)55-37(32-9-4-5-20-49(32)53)29-22-33(41(45,46)47)48-36-28(29)7-6-8-31(36)40(42,43)44/h1,6-8,11,13,21-22,26-27,30,32,37,52-53H,4-5,9-10,12,14-20H2,2H3/t26?,27-,30?,32?,37?,38+,39+/m1/s1. The van der Waals surface area contributed by atoms with Crippen molar-refractivity contribution in [1.82, 2.24) is 10.0 Å². The molecule has 55 heavy (non-hydrogen) atoms. The largest absolute Gasteiger partial charge is 0.456 e. The second-order valence-electron chi connectivity index (χ2n) is 15.7. The van der Waals surface area contributed by atoms with Crippen LogP contribution >= 0.6 is 0 Å². The average molecular weight is 773 g/mol. The van der Waals surface area contributed by atoms with Crippen LogP contribution in [0.15, 0.2) is 42.5 Å². The van der Waals surface area contributed by atoms with Crippen LogP contribution in [0.5, 0.6) is 5.75 Å². The number of terminal acetylenes is 1. The number of aryl methyl sites for hydroxylation is 1. The van der Waals surface area contributed by atoms with Gasteiger partial charge in [0.15, 0.2) is 0 Å². The second kappa shape index (κ2) is 14.4. The highest BCUT2D eigenvalue weighted by molar-refractivity contribution is 5.87. The second-order valence-corrected chi connectivity index (χ2v) is 15.7. The number of aromatic nitrogens is 1. The maximum atomic E-state index is 14.0. The van der Waals surface area contributed by atoms with Crippen molar-refractivity contribution in [2.24, 2.45) is 17.3 Å². The molecule has 1 aromatic heterocycles. The van der Waals surface area contributed by atoms with Gasteiger partial charge in [0.1, 0.15) is 23.1 Å². The molecule has 0 radical (unpaired) electrons. The van der Waals surface area contributed by atoms with E-state index in [1.165, 1.54) is 5.56 Å². The van der Waals surface area contributed by atoms with Gasteiger partial charge in [-0.2, -0.15) is 31.4 Å². The molecule has 4 unspecified atom stereocenters. The maximum absolute atomic E-state index is 14.0. The van der Waals surface area contributed by atoms with E-state index < -0.39 is 77.2 Å². The lowest BCUT2D eigenvalue weighted by Gasteiger charge is -2.52. The van der Waals surface area contributed by atoms with E-state index in [9.17, 15) is 46.2 Å². The van der Waals surface area contributed by atoms with Gasteiger partial charge in [0.2, 0.25) is 0 Å². The number of alkyl halides is 6. The lowest BCUT2D eigenvalue weighted by atomic mass is 9.53. The number of halogens is 6. The Balaban J connectivity index is 1.07. The predicted molar refractivity (Wildman–Crippen MR) is 186 cm³/mol. The number of pyridine rings is 1. The third-order valence-corrected chi connectivity index (χ3v) is 12.8. The minimum atomic E-state index is -5.15. The molecule has 1 saturated heterocycles. The maximum Gasteiger partial charge on any atom is 0.433 e. The molecule has 7 rings (SSSR count). The number of carbonyl (C=O) groups excluding carboxylic acids is 2. The number of piperidine rings is 1. The van der Waals surface area contributed by atoms with Gasteiger partial charge < -0.3 is 19.8 Å². The van der Waals surface area contributed by atoms with E-state index in [1.54, 1.807) is 6.07 Å². The van der Waals surface area contributed by atoms with Gasteiger partial charge in [-0.05, 0) is 105 Å². The Kier molecular flexibility index (Phi) is 10.2. The molecular weight excluding hydrogens is 730 g/mol. The third kappa shape index (κ3) is 7.19. The summed E-state index contributed by atoms with van der Waals surface area (Å²) in [7, 11) is 0. The minimum absolute atomic E-state index is 0.0885. The fraction of sp³-hybridized carbons (Fsp3) is 0.537. The fourth-order valence-corrected chi connectivity index (χ4v) is 9.95. The van der Waals surface area contributed by atoms with Crippen LogP contribution in [0, 0.1) is 29.6 Å². The first-order valence-corrected chi connectivity index (χ1v) is 18.7. The van der Waals surface area contributed by atoms with Crippen LogP contribution in [-0.2, 0) is 33.1 Å². The Bertz CT molecular complexity index is 2030. The van der Waals surface area contributed by atoms with Crippen molar-refractivity contribution in [3.8, 4) is 18.1 Å². The van der Waals surface area contributed by atoms with Crippen LogP contribution in [-0.4, -0.2) is 50.5 Å². The number of hydrogen-bond acceptors (Lipinski definition) is 8. The predicted octanol–water partition coefficient (Wildman–Crippen LogP) is 8.71. The van der Waals surface area contributed by atoms with Gasteiger partial charge in [0.25, 0.3) is 0 Å². The molecule has 3 fully saturated rings. The van der Waals surface area contributed by atoms with Gasteiger partial charge in [-0.15, -0.1) is 6.42 Å². The van der Waals surface area contributed by atoms with E-state index in [2.05, 4.69) is 17.8 Å². The first kappa shape index (κ1) is 39.1. The van der Waals surface area contributed by atoms with Crippen molar-refractivity contribution in [3.63, 3.8) is 0 Å². The number of benzene rings is 2. The fourth-order valence-electron chi connectivity index (χ4n) is 9.95. The summed E-state index contributed by atoms with van der Waals surface area (Å²) in [5.74, 6) is 2.16. The number of esters is 2. The first-order chi connectivity index (χ1) is 25.9. The quantitative estimate of drug-likeness (QED) is 0.106. The molecule has 7 atom stereocenters. The number of para-hydroxylation sites is 1. The first-order valence-electron chi connectivity index (χ1n) is 18.7. The number of hydrogen-bond donors (Lipinski definition) is 2. The van der Waals surface area contributed by atoms with E-state index in [4.69, 9.17) is 15.9 Å². The van der Waals surface area contributed by atoms with Crippen molar-refractivity contribution < 1.29 is 55.7 Å². The summed E-state index contributed by atoms with van der Waals surface area (Å²) in [5, 5.41) is 22.5. The van der Waals surface area contributed by atoms with Crippen LogP contribution in [0.1, 0.15) is 111 Å². The van der Waals surface area contributed by atoms with Crippen molar-refractivity contribution in [2.75, 3.05) is 6.54 Å². The Labute approximate surface area is 314 Å². The molecule has 2 N–H and O–H groups in total. The van der Waals surface area contributed by atoms with Crippen LogP contribution in [0.25, 0.3) is 10.9 Å². The van der Waals surface area contributed by atoms with Gasteiger partial charge in [0.05, 0.1) is 30.0 Å². The molecule has 294 valence electrons. The number of fused-ring (bicyclic) bond motifs is 6. The highest BCUT2D eigenvalue weighted by Crippen LogP contribution is 2.64. The molecule has 0 amide bonds. The van der Waals surface area contributed by atoms with Gasteiger partial charge in [-0.3, -0.25) is 9.59 Å². The number of carbonyl (C=O) groups is 2. The number of nitrogens with zero attached hydrogens (tertiary/aromatic N) is 2. The summed E-state index contributed by atoms with van der Waals surface area (Å²) in [5.41, 5.74) is -3.58. The number of ether oxygens (including phenoxy) is 2. The van der Waals surface area contributed by atoms with Crippen molar-refractivity contribution in [3.05, 3.63) is 70.4 Å². The number of aliphatic hydroxyl groups is 1. The molecular formula is C41H42F6N2O6. The van der Waals surface area contributed by atoms with E-state index >= 15 is 0 Å². The normalized spacial score (nSPS) is 28.7. The molecule has 3 aromatic rings. The Hall–Kier alpha value is -4.19. The zero-order valence-corrected chi connectivity index (χ0v) is 30.2. The van der Waals surface area contributed by atoms with Gasteiger partial charge in [0, 0.05) is 22.9 Å². The zero-order valence-electron chi connectivity index (χ0n) is 30.2. The number of hydroxylamine groups is 2. The molecule has 14 heteroatoms. The lowest BCUT2D eigenvalue weighted by Crippen LogP contribution is -2.50. The average Bonchev–Trinajstić information content (AvgIpc) is 3.42. The zero-order chi connectivity index (χ0) is 39.5. The molecule has 0 spiro atoms. The molecule has 1 aliphatic heterocycles. The molecule has 2 saturated carbocycles. The summed E-state index contributed by atoms with van der Waals surface area (Å²) in [4.78, 5) is 29.6. The van der Waals surface area contributed by atoms with Crippen LogP contribution in [0.3, 0.4) is 0 Å². The molecule has 8 nitrogen and oxygen atoms in total. The lowest BCUT2D eigenvalue weighted by molar-refractivity contribution is -0.188. The summed E-state index contributed by atoms with van der Waals surface area (Å²) >= 11 is 0. The summed E-state index contributed by atoms with van der Waals surface area (Å²) in [6, 6.07) is 7.74. The Morgan fingerprint density at radius 3 is 2.47 bits per heavy atom. The molecule has 2 heterocycles. The summed E-state index contributed by atoms with van der Waals surface area (Å²) in [6.07, 6.45) is -1.03. The van der Waals surface area contributed by atoms with E-state index in [0.717, 1.165) is 54.9 Å². The van der Waals surface area contributed by atoms with Crippen molar-refractivity contribution >= 4 is 22.8 Å². The highest BCUT2D eigenvalue weighted by atomic mass is 19.4. The van der Waals surface area contributed by atoms with Crippen LogP contribution in [0.4, 0.5) is 26.3 Å². The topological polar surface area (TPSA) is 109 Å². The van der Waals surface area contributed by atoms with Crippen molar-refractivity contribution in [2.45, 2.75) is 114 Å². The molecule has 4 aliphatic rings. The molecule has 2 aromatic carbocycles. The monoisotopic (exact) mass is 772 g/mol. The highest BCUT2D eigenvalue weighted by Gasteiger charge is 2.61. The van der Waals surface area contributed by atoms with E-state index in [-0.39, 0.29) is 29.5 Å². The summed E-state index contributed by atoms with van der Waals surface area (Å²) in [6.45, 7) is 2.20. The molecule has 0 bridgehead atoms. The third-order valence-electron chi connectivity index (χ3n) is 12.8. The SMILES string of the molecule is C#C[C@]1(O)CCC2[C@@H]3CCc4cc(OC(=O)CCC(=O)OC(c5cc(C(F)(F)F)nc6c(C(F)(F)F)cccc56)C5CCCCN5O)ccc4C3CC[C@@]21C. The Morgan fingerprint density at radius 2 is 1.76 bits per heavy atom. The van der Waals surface area contributed by atoms with Crippen molar-refractivity contribution in [1.29, 1.82) is 0 Å². The smallest absolute Gasteiger partial charge is 0.433 e. The molecule has 3 aliphatic carbocycles.